The number of carbonyl (C=O) groups excluding carboxylic acids is 1. The Labute approximate surface area is 212 Å². The highest BCUT2D eigenvalue weighted by Gasteiger charge is 2.21. The van der Waals surface area contributed by atoms with Gasteiger partial charge in [0.05, 0.1) is 36.8 Å². The van der Waals surface area contributed by atoms with Crippen LogP contribution in [0.1, 0.15) is 28.5 Å². The zero-order valence-electron chi connectivity index (χ0n) is 20.0. The van der Waals surface area contributed by atoms with Crippen LogP contribution >= 0.6 is 11.3 Å². The number of ether oxygens (including phenoxy) is 2. The summed E-state index contributed by atoms with van der Waals surface area (Å²) in [7, 11) is 1.64. The molecule has 0 saturated carbocycles. The first-order valence-corrected chi connectivity index (χ1v) is 12.4. The van der Waals surface area contributed by atoms with E-state index in [0.29, 0.717) is 36.1 Å². The highest BCUT2D eigenvalue weighted by molar-refractivity contribution is 7.12. The topological polar surface area (TPSA) is 91.2 Å². The van der Waals surface area contributed by atoms with E-state index in [1.165, 1.54) is 11.3 Å². The minimum Gasteiger partial charge on any atom is -0.497 e. The molecular formula is C27H25N5O3S. The molecule has 0 atom stereocenters. The van der Waals surface area contributed by atoms with Gasteiger partial charge >= 0.3 is 5.97 Å². The van der Waals surface area contributed by atoms with Crippen molar-refractivity contribution in [2.45, 2.75) is 20.0 Å². The van der Waals surface area contributed by atoms with E-state index in [1.54, 1.807) is 24.9 Å². The average molecular weight is 500 g/mol. The molecule has 0 aliphatic heterocycles. The fourth-order valence-electron chi connectivity index (χ4n) is 3.88. The predicted octanol–water partition coefficient (Wildman–Crippen LogP) is 5.02. The number of hydrogen-bond donors (Lipinski definition) is 1. The van der Waals surface area contributed by atoms with Crippen LogP contribution in [0.5, 0.6) is 5.75 Å². The molecule has 5 rings (SSSR count). The second kappa shape index (κ2) is 10.7. The summed E-state index contributed by atoms with van der Waals surface area (Å²) in [5.41, 5.74) is 4.92. The third-order valence-corrected chi connectivity index (χ3v) is 6.51. The first kappa shape index (κ1) is 23.7. The number of rotatable bonds is 9. The van der Waals surface area contributed by atoms with E-state index >= 15 is 0 Å². The summed E-state index contributed by atoms with van der Waals surface area (Å²) in [5.74, 6) is 0.384. The highest BCUT2D eigenvalue weighted by atomic mass is 32.1. The van der Waals surface area contributed by atoms with E-state index in [0.717, 1.165) is 33.5 Å². The van der Waals surface area contributed by atoms with Crippen molar-refractivity contribution >= 4 is 28.2 Å². The van der Waals surface area contributed by atoms with Gasteiger partial charge in [0.25, 0.3) is 0 Å². The number of benzene rings is 2. The summed E-state index contributed by atoms with van der Waals surface area (Å²) in [6, 6.07) is 17.9. The number of carbonyl (C=O) groups is 1. The Morgan fingerprint density at radius 1 is 1.08 bits per heavy atom. The smallest absolute Gasteiger partial charge is 0.341 e. The molecule has 0 unspecified atom stereocenters. The molecule has 2 aromatic carbocycles. The van der Waals surface area contributed by atoms with Gasteiger partial charge in [0.1, 0.15) is 11.3 Å². The molecular weight excluding hydrogens is 474 g/mol. The molecule has 3 heterocycles. The summed E-state index contributed by atoms with van der Waals surface area (Å²) >= 11 is 1.46. The van der Waals surface area contributed by atoms with Crippen LogP contribution in [0.2, 0.25) is 0 Å². The van der Waals surface area contributed by atoms with Gasteiger partial charge in [-0.05, 0) is 48.9 Å². The molecule has 0 saturated heterocycles. The summed E-state index contributed by atoms with van der Waals surface area (Å²) in [4.78, 5) is 21.9. The van der Waals surface area contributed by atoms with Gasteiger partial charge in [0.15, 0.2) is 0 Å². The zero-order chi connectivity index (χ0) is 24.9. The lowest BCUT2D eigenvalue weighted by molar-refractivity contribution is 0.0525. The van der Waals surface area contributed by atoms with Gasteiger partial charge in [-0.15, -0.1) is 11.3 Å². The van der Waals surface area contributed by atoms with Crippen LogP contribution in [0.15, 0.2) is 72.4 Å². The van der Waals surface area contributed by atoms with E-state index in [4.69, 9.17) is 14.5 Å². The van der Waals surface area contributed by atoms with Gasteiger partial charge < -0.3 is 14.8 Å². The molecule has 8 nitrogen and oxygen atoms in total. The highest BCUT2D eigenvalue weighted by Crippen LogP contribution is 2.27. The van der Waals surface area contributed by atoms with Gasteiger partial charge in [0, 0.05) is 35.6 Å². The number of nitrogens with zero attached hydrogens (tertiary/aromatic N) is 4. The Bertz CT molecular complexity index is 1490. The van der Waals surface area contributed by atoms with Gasteiger partial charge in [-0.25, -0.2) is 14.5 Å². The molecule has 9 heteroatoms. The molecule has 0 radical (unpaired) electrons. The van der Waals surface area contributed by atoms with Gasteiger partial charge in [0.2, 0.25) is 5.13 Å². The van der Waals surface area contributed by atoms with Crippen molar-refractivity contribution in [1.82, 2.24) is 25.1 Å². The largest absolute Gasteiger partial charge is 0.497 e. The predicted molar refractivity (Wildman–Crippen MR) is 139 cm³/mol. The fraction of sp³-hybridized carbons (Fsp3) is 0.185. The van der Waals surface area contributed by atoms with Gasteiger partial charge in [-0.1, -0.05) is 18.2 Å². The maximum absolute atomic E-state index is 12.6. The number of thiazole rings is 1. The van der Waals surface area contributed by atoms with E-state index < -0.39 is 5.97 Å². The van der Waals surface area contributed by atoms with Crippen LogP contribution < -0.4 is 10.1 Å². The maximum Gasteiger partial charge on any atom is 0.341 e. The minimum absolute atomic E-state index is 0.290. The van der Waals surface area contributed by atoms with Crippen molar-refractivity contribution in [1.29, 1.82) is 0 Å². The Morgan fingerprint density at radius 3 is 2.72 bits per heavy atom. The maximum atomic E-state index is 12.6. The first-order chi connectivity index (χ1) is 17.7. The summed E-state index contributed by atoms with van der Waals surface area (Å²) in [6.07, 6.45) is 3.40. The molecule has 0 aliphatic rings. The van der Waals surface area contributed by atoms with Crippen molar-refractivity contribution in [3.63, 3.8) is 0 Å². The van der Waals surface area contributed by atoms with Crippen molar-refractivity contribution in [2.24, 2.45) is 0 Å². The number of esters is 1. The van der Waals surface area contributed by atoms with Gasteiger partial charge in [-0.2, -0.15) is 5.10 Å². The number of methoxy groups -OCH3 is 1. The lowest BCUT2D eigenvalue weighted by Crippen LogP contribution is -2.19. The lowest BCUT2D eigenvalue weighted by Gasteiger charge is -2.10. The molecule has 0 amide bonds. The lowest BCUT2D eigenvalue weighted by atomic mass is 10.1. The van der Waals surface area contributed by atoms with Crippen LogP contribution in [0.25, 0.3) is 27.3 Å². The van der Waals surface area contributed by atoms with Crippen LogP contribution in [0, 0.1) is 0 Å². The number of nitrogens with one attached hydrogen (secondary N) is 1. The number of hydrogen-bond acceptors (Lipinski definition) is 8. The van der Waals surface area contributed by atoms with Crippen LogP contribution in [0.3, 0.4) is 0 Å². The Kier molecular flexibility index (Phi) is 7.01. The first-order valence-electron chi connectivity index (χ1n) is 11.5. The van der Waals surface area contributed by atoms with Crippen LogP contribution in [-0.4, -0.2) is 39.4 Å². The zero-order valence-corrected chi connectivity index (χ0v) is 20.8. The Morgan fingerprint density at radius 2 is 1.92 bits per heavy atom. The number of fused-ring (bicyclic) bond motifs is 1. The average Bonchev–Trinajstić information content (AvgIpc) is 3.56. The molecule has 0 spiro atoms. The van der Waals surface area contributed by atoms with Gasteiger partial charge in [-0.3, -0.25) is 4.98 Å². The number of pyridine rings is 1. The van der Waals surface area contributed by atoms with Crippen LogP contribution in [0.4, 0.5) is 0 Å². The number of aromatic nitrogens is 4. The summed E-state index contributed by atoms with van der Waals surface area (Å²) in [5, 5.41) is 11.6. The monoisotopic (exact) mass is 499 g/mol. The van der Waals surface area contributed by atoms with Crippen molar-refractivity contribution in [2.75, 3.05) is 13.7 Å². The molecule has 1 N–H and O–H groups in total. The normalized spacial score (nSPS) is 11.1. The second-order valence-corrected chi connectivity index (χ2v) is 8.86. The van der Waals surface area contributed by atoms with E-state index in [9.17, 15) is 4.79 Å². The Hall–Kier alpha value is -4.08. The third kappa shape index (κ3) is 4.98. The molecule has 0 bridgehead atoms. The quantitative estimate of drug-likeness (QED) is 0.285. The molecule has 5 aromatic rings. The number of para-hydroxylation sites is 1. The van der Waals surface area contributed by atoms with E-state index in [-0.39, 0.29) is 0 Å². The SMILES string of the molecule is CCOC(=O)c1cnn(-c2nc(-c3ccc(OC)cc3)cs2)c1CNCc1cnc2ccccc2c1. The molecule has 36 heavy (non-hydrogen) atoms. The van der Waals surface area contributed by atoms with E-state index in [2.05, 4.69) is 21.5 Å². The van der Waals surface area contributed by atoms with E-state index in [1.807, 2.05) is 60.1 Å². The van der Waals surface area contributed by atoms with Crippen molar-refractivity contribution < 1.29 is 14.3 Å². The summed E-state index contributed by atoms with van der Waals surface area (Å²) in [6.45, 7) is 3.06. The molecule has 0 aliphatic carbocycles. The fourth-order valence-corrected chi connectivity index (χ4v) is 4.70. The Balaban J connectivity index is 1.39. The second-order valence-electron chi connectivity index (χ2n) is 8.02. The molecule has 0 fully saturated rings. The summed E-state index contributed by atoms with van der Waals surface area (Å²) < 4.78 is 12.2. The molecule has 182 valence electrons. The molecule has 3 aromatic heterocycles. The minimum atomic E-state index is -0.403. The standard InChI is InChI=1S/C27H25N5O3S/c1-3-35-26(33)22-15-30-32(27-31-24(17-36-27)19-8-10-21(34-2)11-9-19)25(22)16-28-13-18-12-20-6-4-5-7-23(20)29-14-18/h4-12,14-15,17,28H,3,13,16H2,1-2H3. The van der Waals surface area contributed by atoms with Crippen molar-refractivity contribution in [3.8, 4) is 22.1 Å². The van der Waals surface area contributed by atoms with Crippen LogP contribution in [-0.2, 0) is 17.8 Å². The third-order valence-electron chi connectivity index (χ3n) is 5.69. The van der Waals surface area contributed by atoms with Crippen molar-refractivity contribution in [3.05, 3.63) is 89.2 Å².